The van der Waals surface area contributed by atoms with Gasteiger partial charge in [-0.25, -0.2) is 4.79 Å². The lowest BCUT2D eigenvalue weighted by Crippen LogP contribution is -2.63. The molecular formula is C116H178N12O20. The first-order chi connectivity index (χ1) is 70.5. The molecule has 0 radical (unpaired) electrons. The Balaban J connectivity index is 0.000000219. The third-order valence-electron chi connectivity index (χ3n) is 29.3. The summed E-state index contributed by atoms with van der Waals surface area (Å²) >= 11 is 0. The minimum Gasteiger partial charge on any atom is -0.493 e. The standard InChI is InChI=1S/C31H47N3O6.C29H45N3O5.C28H43N3O5.C28H43N3O4/c1-21(2)17-27(34-16-15-33(23(5)35)28(31(34)38)18-22(3)4)30(37)32-13-11-25(12-14-32)20-40-26-9-7-24(8-10-26)19-29(36)39-6;1-20(2)16-25-28(34)32(15-12-30-25)26(17-21(3)4)29(35)31-13-10-23(11-14-31)19-37-24-8-6-22(7-9-24)18-27(33)36-5;1-19(2)16-24-26(32)31(15-12-29-24)25(17-20(3)4)27(33)30-13-10-21(11-14-30)18-36-23-8-6-22(7-9-23)28(34)35-5;1-19(2)16-25-27(33)31(15-12-29-25)26(17-20(3)4)28(34)30-13-10-22(11-14-30)18-35-24-8-6-23(7-9-24)21(5)32/h7-10,21-22,25,27-28H,11-20H2,1-6H3;6-9,20-21,23,25-26,30H,10-19H2,1-5H3;6-9,19-21,24-25,29H,10-18H2,1-5H3;6-9,19-20,22,25-26,29H,10-18H2,1-5H3/t27-,28-;25-,26-;24-,25-;25-,26-/m0000/s1. The Labute approximate surface area is 882 Å². The molecule has 0 aliphatic carbocycles. The van der Waals surface area contributed by atoms with Gasteiger partial charge in [0.2, 0.25) is 53.2 Å². The third-order valence-corrected chi connectivity index (χ3v) is 29.3. The number of ether oxygens (including phenoxy) is 7. The molecule has 4 aromatic rings. The maximum absolute atomic E-state index is 13.8. The van der Waals surface area contributed by atoms with Gasteiger partial charge in [0, 0.05) is 117 Å². The van der Waals surface area contributed by atoms with E-state index in [1.165, 1.54) is 28.3 Å². The largest absolute Gasteiger partial charge is 0.493 e. The third kappa shape index (κ3) is 37.7. The van der Waals surface area contributed by atoms with Crippen molar-refractivity contribution in [1.82, 2.24) is 60.0 Å². The number of ketones is 1. The van der Waals surface area contributed by atoms with E-state index < -0.39 is 18.1 Å². The molecule has 0 saturated carbocycles. The molecule has 12 rings (SSSR count). The van der Waals surface area contributed by atoms with Crippen molar-refractivity contribution in [2.75, 3.05) is 152 Å². The van der Waals surface area contributed by atoms with Crippen LogP contribution in [0.25, 0.3) is 0 Å². The van der Waals surface area contributed by atoms with Crippen molar-refractivity contribution in [3.8, 4) is 23.0 Å². The second kappa shape index (κ2) is 60.3. The van der Waals surface area contributed by atoms with Crippen LogP contribution in [0.4, 0.5) is 0 Å². The molecule has 8 aliphatic rings. The Kier molecular flexibility index (Phi) is 49.3. The van der Waals surface area contributed by atoms with Crippen LogP contribution in [0.5, 0.6) is 23.0 Å². The number of methoxy groups -OCH3 is 3. The predicted molar refractivity (Wildman–Crippen MR) is 572 cm³/mol. The zero-order valence-corrected chi connectivity index (χ0v) is 92.8. The van der Waals surface area contributed by atoms with Gasteiger partial charge in [0.1, 0.15) is 53.2 Å². The fourth-order valence-corrected chi connectivity index (χ4v) is 21.0. The second-order valence-electron chi connectivity index (χ2n) is 45.2. The zero-order chi connectivity index (χ0) is 108. The van der Waals surface area contributed by atoms with Crippen LogP contribution in [-0.4, -0.2) is 322 Å². The van der Waals surface area contributed by atoms with E-state index in [4.69, 9.17) is 33.2 Å². The monoisotopic (exact) mass is 2060 g/mol. The molecule has 8 heterocycles. The average molecular weight is 2060 g/mol. The zero-order valence-electron chi connectivity index (χ0n) is 92.8. The fourth-order valence-electron chi connectivity index (χ4n) is 21.0. The second-order valence-corrected chi connectivity index (χ2v) is 45.2. The molecule has 0 unspecified atom stereocenters. The number of carbonyl (C=O) groups excluding carboxylic acids is 13. The molecule has 8 aliphatic heterocycles. The first-order valence-corrected chi connectivity index (χ1v) is 55.0. The van der Waals surface area contributed by atoms with E-state index in [9.17, 15) is 62.3 Å². The van der Waals surface area contributed by atoms with Crippen LogP contribution in [0.1, 0.15) is 259 Å². The van der Waals surface area contributed by atoms with Crippen molar-refractivity contribution in [2.45, 2.75) is 289 Å². The lowest BCUT2D eigenvalue weighted by Gasteiger charge is -2.45. The average Bonchev–Trinajstić information content (AvgIpc) is 0.712. The number of hydrogen-bond acceptors (Lipinski definition) is 23. The summed E-state index contributed by atoms with van der Waals surface area (Å²) in [7, 11) is 4.12. The molecule has 0 spiro atoms. The summed E-state index contributed by atoms with van der Waals surface area (Å²) < 4.78 is 38.1. The number of likely N-dealkylation sites (tertiary alicyclic amines) is 4. The van der Waals surface area contributed by atoms with Gasteiger partial charge in [-0.15, -0.1) is 0 Å². The molecule has 9 amide bonds. The van der Waals surface area contributed by atoms with Crippen molar-refractivity contribution in [3.05, 3.63) is 119 Å². The smallest absolute Gasteiger partial charge is 0.337 e. The van der Waals surface area contributed by atoms with E-state index in [-0.39, 0.29) is 132 Å². The van der Waals surface area contributed by atoms with Crippen molar-refractivity contribution >= 4 is 76.9 Å². The number of piperidine rings is 4. The summed E-state index contributed by atoms with van der Waals surface area (Å²) in [5, 5.41) is 10.1. The number of benzene rings is 4. The van der Waals surface area contributed by atoms with Gasteiger partial charge in [-0.05, 0) is 265 Å². The molecule has 3 N–H and O–H groups in total. The number of rotatable bonds is 42. The first-order valence-electron chi connectivity index (χ1n) is 55.0. The number of nitrogens with zero attached hydrogens (tertiary/aromatic N) is 9. The molecule has 32 heteroatoms. The van der Waals surface area contributed by atoms with Crippen LogP contribution in [0.15, 0.2) is 97.1 Å². The van der Waals surface area contributed by atoms with E-state index in [0.29, 0.717) is 220 Å². The van der Waals surface area contributed by atoms with Crippen LogP contribution in [0, 0.1) is 71.0 Å². The Morgan fingerprint density at radius 3 is 0.797 bits per heavy atom. The number of amides is 9. The van der Waals surface area contributed by atoms with Crippen LogP contribution >= 0.6 is 0 Å². The molecule has 0 bridgehead atoms. The van der Waals surface area contributed by atoms with Crippen molar-refractivity contribution < 1.29 is 95.5 Å². The number of esters is 3. The maximum Gasteiger partial charge on any atom is 0.337 e. The topological polar surface area (TPSA) is 352 Å². The molecule has 822 valence electrons. The van der Waals surface area contributed by atoms with E-state index in [0.717, 1.165) is 119 Å². The molecule has 8 saturated heterocycles. The Morgan fingerprint density at radius 1 is 0.304 bits per heavy atom. The van der Waals surface area contributed by atoms with Gasteiger partial charge in [0.05, 0.1) is 84.3 Å². The quantitative estimate of drug-likeness (QED) is 0.0211. The summed E-state index contributed by atoms with van der Waals surface area (Å²) in [4.78, 5) is 183. The Hall–Kier alpha value is -10.7. The Morgan fingerprint density at radius 2 is 0.561 bits per heavy atom. The molecular weight excluding hydrogens is 1880 g/mol. The van der Waals surface area contributed by atoms with Crippen LogP contribution in [0.2, 0.25) is 0 Å². The first kappa shape index (κ1) is 121. The van der Waals surface area contributed by atoms with Gasteiger partial charge < -0.3 is 93.2 Å². The fraction of sp³-hybridized carbons (Fsp3) is 0.681. The van der Waals surface area contributed by atoms with Gasteiger partial charge >= 0.3 is 17.9 Å². The van der Waals surface area contributed by atoms with Gasteiger partial charge in [0.25, 0.3) is 0 Å². The molecule has 148 heavy (non-hydrogen) atoms. The predicted octanol–water partition coefficient (Wildman–Crippen LogP) is 13.9. The molecule has 8 fully saturated rings. The number of nitrogens with one attached hydrogen (secondary N) is 3. The Bertz CT molecular complexity index is 4850. The molecule has 32 nitrogen and oxygen atoms in total. The highest BCUT2D eigenvalue weighted by molar-refractivity contribution is 5.96. The van der Waals surface area contributed by atoms with E-state index in [1.807, 2.05) is 95.0 Å². The van der Waals surface area contributed by atoms with Crippen LogP contribution in [-0.2, 0) is 79.8 Å². The molecule has 8 atom stereocenters. The minimum atomic E-state index is -0.508. The minimum absolute atomic E-state index is 0.0159. The van der Waals surface area contributed by atoms with Crippen molar-refractivity contribution in [3.63, 3.8) is 0 Å². The van der Waals surface area contributed by atoms with E-state index >= 15 is 0 Å². The van der Waals surface area contributed by atoms with E-state index in [1.54, 1.807) is 53.1 Å². The van der Waals surface area contributed by atoms with E-state index in [2.05, 4.69) is 127 Å². The summed E-state index contributed by atoms with van der Waals surface area (Å²) in [6, 6.07) is 26.4. The highest BCUT2D eigenvalue weighted by Gasteiger charge is 2.47. The lowest BCUT2D eigenvalue weighted by molar-refractivity contribution is -0.159. The number of hydrogen-bond donors (Lipinski definition) is 3. The molecule has 0 aromatic heterocycles. The van der Waals surface area contributed by atoms with Gasteiger partial charge in [-0.1, -0.05) is 135 Å². The summed E-state index contributed by atoms with van der Waals surface area (Å²) in [5.41, 5.74) is 2.93. The van der Waals surface area contributed by atoms with Gasteiger partial charge in [0.15, 0.2) is 5.78 Å². The molecule has 4 aromatic carbocycles. The van der Waals surface area contributed by atoms with Crippen molar-refractivity contribution in [1.29, 1.82) is 0 Å². The van der Waals surface area contributed by atoms with Gasteiger partial charge in [-0.2, -0.15) is 0 Å². The number of Topliss-reactive ketones (excluding diaryl/α,β-unsaturated/α-hetero) is 1. The lowest BCUT2D eigenvalue weighted by atomic mass is 9.93. The SMILES string of the molecule is CC(=O)c1ccc(OCC2CCN(C(=O)[C@H](CC(C)C)N3CCN[C@@H](CC(C)C)C3=O)CC2)cc1.COC(=O)Cc1ccc(OCC2CCN(C(=O)[C@H](CC(C)C)N3CCN(C(C)=O)[C@@H](CC(C)C)C3=O)CC2)cc1.COC(=O)Cc1ccc(OCC2CCN(C(=O)[C@H](CC(C)C)N3CCN[C@@H](CC(C)C)C3=O)CC2)cc1.COC(=O)c1ccc(OCC2CCN(C(=O)[C@H](CC(C)C)N3CCN[C@@H](CC(C)C)C3=O)CC2)cc1. The van der Waals surface area contributed by atoms with Crippen molar-refractivity contribution in [2.24, 2.45) is 71.0 Å². The number of piperazine rings is 4. The summed E-state index contributed by atoms with van der Waals surface area (Å²) in [6.45, 7) is 49.3. The summed E-state index contributed by atoms with van der Waals surface area (Å²) in [5.74, 6) is 6.62. The van der Waals surface area contributed by atoms with Crippen LogP contribution in [0.3, 0.4) is 0 Å². The maximum atomic E-state index is 13.8. The summed E-state index contributed by atoms with van der Waals surface area (Å²) in [6.07, 6.45) is 13.1. The highest BCUT2D eigenvalue weighted by Crippen LogP contribution is 2.34. The van der Waals surface area contributed by atoms with Crippen LogP contribution < -0.4 is 34.9 Å². The number of carbonyl (C=O) groups is 13. The normalized spacial score (nSPS) is 19.9. The van der Waals surface area contributed by atoms with Gasteiger partial charge in [-0.3, -0.25) is 57.5 Å². The highest BCUT2D eigenvalue weighted by atomic mass is 16.5.